The quantitative estimate of drug-likeness (QED) is 0.808. The fourth-order valence-electron chi connectivity index (χ4n) is 1.94. The van der Waals surface area contributed by atoms with Gasteiger partial charge in [0.25, 0.3) is 0 Å². The summed E-state index contributed by atoms with van der Waals surface area (Å²) in [7, 11) is 0. The Morgan fingerprint density at radius 1 is 1.53 bits per heavy atom. The molecule has 3 heteroatoms. The number of aliphatic hydroxyl groups is 1. The molecule has 1 saturated carbocycles. The first kappa shape index (κ1) is 12.1. The van der Waals surface area contributed by atoms with Gasteiger partial charge in [-0.05, 0) is 31.2 Å². The maximum atomic E-state index is 11.6. The molecule has 0 heterocycles. The summed E-state index contributed by atoms with van der Waals surface area (Å²) in [6, 6.07) is 7.93. The SMILES string of the molecule is Cc1cccc(CC(=O)NCC(O)C2CC2)c1. The van der Waals surface area contributed by atoms with E-state index in [0.29, 0.717) is 18.9 Å². The normalized spacial score (nSPS) is 16.6. The Hall–Kier alpha value is -1.35. The molecule has 1 fully saturated rings. The van der Waals surface area contributed by atoms with Crippen LogP contribution in [0.5, 0.6) is 0 Å². The van der Waals surface area contributed by atoms with Crippen LogP contribution in [0, 0.1) is 12.8 Å². The van der Waals surface area contributed by atoms with Gasteiger partial charge in [0.15, 0.2) is 0 Å². The van der Waals surface area contributed by atoms with Gasteiger partial charge in [-0.3, -0.25) is 4.79 Å². The monoisotopic (exact) mass is 233 g/mol. The second-order valence-electron chi connectivity index (χ2n) is 4.87. The number of carbonyl (C=O) groups is 1. The van der Waals surface area contributed by atoms with Crippen molar-refractivity contribution in [1.29, 1.82) is 0 Å². The van der Waals surface area contributed by atoms with E-state index in [9.17, 15) is 9.90 Å². The van der Waals surface area contributed by atoms with Gasteiger partial charge in [-0.1, -0.05) is 29.8 Å². The van der Waals surface area contributed by atoms with Crippen molar-refractivity contribution < 1.29 is 9.90 Å². The molecule has 1 aliphatic rings. The van der Waals surface area contributed by atoms with Crippen LogP contribution < -0.4 is 5.32 Å². The van der Waals surface area contributed by atoms with Crippen molar-refractivity contribution in [3.05, 3.63) is 35.4 Å². The number of carbonyl (C=O) groups excluding carboxylic acids is 1. The van der Waals surface area contributed by atoms with E-state index in [1.54, 1.807) is 0 Å². The van der Waals surface area contributed by atoms with Crippen LogP contribution in [0.2, 0.25) is 0 Å². The minimum Gasteiger partial charge on any atom is -0.391 e. The Morgan fingerprint density at radius 2 is 2.29 bits per heavy atom. The van der Waals surface area contributed by atoms with E-state index in [1.807, 2.05) is 31.2 Å². The minimum absolute atomic E-state index is 0.0182. The maximum absolute atomic E-state index is 11.6. The second-order valence-corrected chi connectivity index (χ2v) is 4.87. The Labute approximate surface area is 102 Å². The van der Waals surface area contributed by atoms with Gasteiger partial charge < -0.3 is 10.4 Å². The molecule has 0 saturated heterocycles. The van der Waals surface area contributed by atoms with E-state index in [4.69, 9.17) is 0 Å². The van der Waals surface area contributed by atoms with E-state index in [-0.39, 0.29) is 12.0 Å². The van der Waals surface area contributed by atoms with Gasteiger partial charge in [-0.2, -0.15) is 0 Å². The summed E-state index contributed by atoms with van der Waals surface area (Å²) in [5.74, 6) is 0.393. The first-order valence-electron chi connectivity index (χ1n) is 6.15. The Morgan fingerprint density at radius 3 is 2.94 bits per heavy atom. The number of benzene rings is 1. The summed E-state index contributed by atoms with van der Waals surface area (Å²) < 4.78 is 0. The highest BCUT2D eigenvalue weighted by atomic mass is 16.3. The van der Waals surface area contributed by atoms with Gasteiger partial charge in [0.2, 0.25) is 5.91 Å². The topological polar surface area (TPSA) is 49.3 Å². The van der Waals surface area contributed by atoms with Crippen LogP contribution in [0.3, 0.4) is 0 Å². The predicted octanol–water partition coefficient (Wildman–Crippen LogP) is 1.42. The van der Waals surface area contributed by atoms with Crippen LogP contribution in [0.25, 0.3) is 0 Å². The summed E-state index contributed by atoms with van der Waals surface area (Å²) >= 11 is 0. The number of aliphatic hydroxyl groups excluding tert-OH is 1. The average molecular weight is 233 g/mol. The van der Waals surface area contributed by atoms with Gasteiger partial charge in [0, 0.05) is 6.54 Å². The number of amides is 1. The van der Waals surface area contributed by atoms with Crippen LogP contribution in [-0.2, 0) is 11.2 Å². The van der Waals surface area contributed by atoms with Crippen molar-refractivity contribution in [2.45, 2.75) is 32.3 Å². The molecule has 92 valence electrons. The zero-order valence-electron chi connectivity index (χ0n) is 10.1. The van der Waals surface area contributed by atoms with Crippen LogP contribution in [-0.4, -0.2) is 23.7 Å². The molecule has 1 aliphatic carbocycles. The van der Waals surface area contributed by atoms with E-state index in [0.717, 1.165) is 24.0 Å². The van der Waals surface area contributed by atoms with Crippen molar-refractivity contribution in [2.24, 2.45) is 5.92 Å². The lowest BCUT2D eigenvalue weighted by Gasteiger charge is -2.10. The third kappa shape index (κ3) is 3.86. The molecule has 0 spiro atoms. The van der Waals surface area contributed by atoms with Crippen LogP contribution in [0.4, 0.5) is 0 Å². The van der Waals surface area contributed by atoms with E-state index in [2.05, 4.69) is 5.32 Å². The lowest BCUT2D eigenvalue weighted by molar-refractivity contribution is -0.120. The highest BCUT2D eigenvalue weighted by molar-refractivity contribution is 5.78. The zero-order chi connectivity index (χ0) is 12.3. The molecule has 3 nitrogen and oxygen atoms in total. The molecule has 2 N–H and O–H groups in total. The van der Waals surface area contributed by atoms with Crippen molar-refractivity contribution in [2.75, 3.05) is 6.54 Å². The first-order chi connectivity index (χ1) is 8.15. The molecule has 2 rings (SSSR count). The van der Waals surface area contributed by atoms with E-state index in [1.165, 1.54) is 0 Å². The average Bonchev–Trinajstić information content (AvgIpc) is 3.09. The number of hydrogen-bond acceptors (Lipinski definition) is 2. The number of aryl methyl sites for hydroxylation is 1. The lowest BCUT2D eigenvalue weighted by atomic mass is 10.1. The predicted molar refractivity (Wildman–Crippen MR) is 66.6 cm³/mol. The lowest BCUT2D eigenvalue weighted by Crippen LogP contribution is -2.34. The van der Waals surface area contributed by atoms with Gasteiger partial charge in [-0.25, -0.2) is 0 Å². The van der Waals surface area contributed by atoms with Gasteiger partial charge >= 0.3 is 0 Å². The number of hydrogen-bond donors (Lipinski definition) is 2. The Balaban J connectivity index is 1.76. The molecule has 0 aliphatic heterocycles. The minimum atomic E-state index is -0.364. The van der Waals surface area contributed by atoms with Gasteiger partial charge in [-0.15, -0.1) is 0 Å². The molecule has 1 atom stereocenters. The van der Waals surface area contributed by atoms with Crippen molar-refractivity contribution in [3.63, 3.8) is 0 Å². The van der Waals surface area contributed by atoms with E-state index < -0.39 is 0 Å². The molecule has 0 aromatic heterocycles. The fourth-order valence-corrected chi connectivity index (χ4v) is 1.94. The molecule has 0 radical (unpaired) electrons. The van der Waals surface area contributed by atoms with Crippen molar-refractivity contribution in [3.8, 4) is 0 Å². The largest absolute Gasteiger partial charge is 0.391 e. The molecular formula is C14H19NO2. The number of nitrogens with one attached hydrogen (secondary N) is 1. The standard InChI is InChI=1S/C14H19NO2/c1-10-3-2-4-11(7-10)8-14(17)15-9-13(16)12-5-6-12/h2-4,7,12-13,16H,5-6,8-9H2,1H3,(H,15,17). The van der Waals surface area contributed by atoms with Gasteiger partial charge in [0.05, 0.1) is 12.5 Å². The smallest absolute Gasteiger partial charge is 0.224 e. The summed E-state index contributed by atoms with van der Waals surface area (Å²) in [5.41, 5.74) is 2.18. The summed E-state index contributed by atoms with van der Waals surface area (Å²) in [6.07, 6.45) is 2.21. The highest BCUT2D eigenvalue weighted by Crippen LogP contribution is 2.32. The third-order valence-corrected chi connectivity index (χ3v) is 3.12. The molecule has 1 unspecified atom stereocenters. The Bertz CT molecular complexity index is 399. The molecule has 1 aromatic carbocycles. The first-order valence-corrected chi connectivity index (χ1v) is 6.15. The van der Waals surface area contributed by atoms with Gasteiger partial charge in [0.1, 0.15) is 0 Å². The fraction of sp³-hybridized carbons (Fsp3) is 0.500. The van der Waals surface area contributed by atoms with Crippen molar-refractivity contribution in [1.82, 2.24) is 5.32 Å². The number of rotatable bonds is 5. The highest BCUT2D eigenvalue weighted by Gasteiger charge is 2.29. The Kier molecular flexibility index (Phi) is 3.79. The summed E-state index contributed by atoms with van der Waals surface area (Å²) in [4.78, 5) is 11.6. The third-order valence-electron chi connectivity index (χ3n) is 3.12. The maximum Gasteiger partial charge on any atom is 0.224 e. The van der Waals surface area contributed by atoms with Crippen LogP contribution in [0.15, 0.2) is 24.3 Å². The van der Waals surface area contributed by atoms with Crippen molar-refractivity contribution >= 4 is 5.91 Å². The molecular weight excluding hydrogens is 214 g/mol. The second kappa shape index (κ2) is 5.32. The molecule has 17 heavy (non-hydrogen) atoms. The molecule has 1 amide bonds. The summed E-state index contributed by atoms with van der Waals surface area (Å²) in [5, 5.41) is 12.4. The van der Waals surface area contributed by atoms with Crippen LogP contribution in [0.1, 0.15) is 24.0 Å². The summed E-state index contributed by atoms with van der Waals surface area (Å²) in [6.45, 7) is 2.40. The van der Waals surface area contributed by atoms with E-state index >= 15 is 0 Å². The van der Waals surface area contributed by atoms with Crippen LogP contribution >= 0.6 is 0 Å². The zero-order valence-corrected chi connectivity index (χ0v) is 10.1. The molecule has 1 aromatic rings. The molecule has 0 bridgehead atoms.